The van der Waals surface area contributed by atoms with Crippen LogP contribution in [-0.4, -0.2) is 37.9 Å². The van der Waals surface area contributed by atoms with Crippen molar-refractivity contribution in [2.24, 2.45) is 0 Å². The molecule has 1 aliphatic rings. The molecule has 0 bridgehead atoms. The predicted molar refractivity (Wildman–Crippen MR) is 64.2 cm³/mol. The molecule has 1 aliphatic heterocycles. The quantitative estimate of drug-likeness (QED) is 0.631. The summed E-state index contributed by atoms with van der Waals surface area (Å²) in [5.74, 6) is 0. The van der Waals surface area contributed by atoms with E-state index < -0.39 is 0 Å². The fourth-order valence-corrected chi connectivity index (χ4v) is 1.90. The smallest absolute Gasteiger partial charge is 0.0704 e. The summed E-state index contributed by atoms with van der Waals surface area (Å²) in [6.45, 7) is 9.74. The Morgan fingerprint density at radius 3 is 2.67 bits per heavy atom. The summed E-state index contributed by atoms with van der Waals surface area (Å²) in [4.78, 5) is 0. The van der Waals surface area contributed by atoms with Gasteiger partial charge >= 0.3 is 0 Å². The molecule has 1 heterocycles. The molecule has 0 amide bonds. The van der Waals surface area contributed by atoms with Gasteiger partial charge in [-0.2, -0.15) is 0 Å². The molecule has 15 heavy (non-hydrogen) atoms. The van der Waals surface area contributed by atoms with Gasteiger partial charge in [0.05, 0.1) is 12.2 Å². The van der Waals surface area contributed by atoms with Crippen LogP contribution in [0.2, 0.25) is 0 Å². The monoisotopic (exact) mass is 214 g/mol. The van der Waals surface area contributed by atoms with E-state index in [2.05, 4.69) is 31.4 Å². The second-order valence-electron chi connectivity index (χ2n) is 4.81. The van der Waals surface area contributed by atoms with Crippen molar-refractivity contribution in [2.45, 2.75) is 58.3 Å². The fraction of sp³-hybridized carbons (Fsp3) is 1.00. The Morgan fingerprint density at radius 1 is 1.27 bits per heavy atom. The van der Waals surface area contributed by atoms with Crippen LogP contribution < -0.4 is 10.6 Å². The van der Waals surface area contributed by atoms with Gasteiger partial charge in [0.15, 0.2) is 0 Å². The number of nitrogens with one attached hydrogen (secondary N) is 2. The first-order valence-corrected chi connectivity index (χ1v) is 6.28. The van der Waals surface area contributed by atoms with Gasteiger partial charge in [0.1, 0.15) is 0 Å². The van der Waals surface area contributed by atoms with Gasteiger partial charge in [-0.15, -0.1) is 0 Å². The molecule has 2 N–H and O–H groups in total. The van der Waals surface area contributed by atoms with E-state index in [1.807, 2.05) is 0 Å². The van der Waals surface area contributed by atoms with Crippen LogP contribution in [0.5, 0.6) is 0 Å². The molecule has 0 spiro atoms. The van der Waals surface area contributed by atoms with Crippen molar-refractivity contribution >= 4 is 0 Å². The Balaban J connectivity index is 1.85. The Hall–Kier alpha value is -0.120. The van der Waals surface area contributed by atoms with Crippen molar-refractivity contribution in [1.29, 1.82) is 0 Å². The zero-order valence-corrected chi connectivity index (χ0v) is 10.4. The van der Waals surface area contributed by atoms with E-state index in [1.54, 1.807) is 0 Å². The first-order chi connectivity index (χ1) is 7.18. The minimum atomic E-state index is 0.457. The predicted octanol–water partition coefficient (Wildman–Crippen LogP) is 1.53. The van der Waals surface area contributed by atoms with E-state index in [-0.39, 0.29) is 0 Å². The summed E-state index contributed by atoms with van der Waals surface area (Å²) in [6.07, 6.45) is 4.57. The Bertz CT molecular complexity index is 162. The minimum absolute atomic E-state index is 0.457. The van der Waals surface area contributed by atoms with E-state index in [0.717, 1.165) is 19.6 Å². The lowest BCUT2D eigenvalue weighted by Gasteiger charge is -2.12. The summed E-state index contributed by atoms with van der Waals surface area (Å²) < 4.78 is 5.73. The minimum Gasteiger partial charge on any atom is -0.374 e. The molecule has 3 heteroatoms. The highest BCUT2D eigenvalue weighted by molar-refractivity contribution is 4.72. The number of rotatable bonds is 7. The highest BCUT2D eigenvalue weighted by atomic mass is 16.5. The third kappa shape index (κ3) is 6.13. The van der Waals surface area contributed by atoms with Crippen LogP contribution in [0, 0.1) is 0 Å². The van der Waals surface area contributed by atoms with Crippen LogP contribution in [0.15, 0.2) is 0 Å². The molecule has 2 unspecified atom stereocenters. The number of hydrogen-bond donors (Lipinski definition) is 2. The van der Waals surface area contributed by atoms with Gasteiger partial charge in [-0.1, -0.05) is 13.8 Å². The third-order valence-corrected chi connectivity index (χ3v) is 2.77. The van der Waals surface area contributed by atoms with Gasteiger partial charge in [-0.3, -0.25) is 0 Å². The highest BCUT2D eigenvalue weighted by Crippen LogP contribution is 2.17. The molecule has 1 rings (SSSR count). The first-order valence-electron chi connectivity index (χ1n) is 6.28. The molecule has 0 aromatic heterocycles. The highest BCUT2D eigenvalue weighted by Gasteiger charge is 2.20. The molecule has 0 aliphatic carbocycles. The Labute approximate surface area is 94.0 Å². The fourth-order valence-electron chi connectivity index (χ4n) is 1.90. The van der Waals surface area contributed by atoms with E-state index in [4.69, 9.17) is 4.74 Å². The van der Waals surface area contributed by atoms with Gasteiger partial charge in [-0.05, 0) is 39.3 Å². The molecule has 2 atom stereocenters. The van der Waals surface area contributed by atoms with Gasteiger partial charge in [-0.25, -0.2) is 0 Å². The van der Waals surface area contributed by atoms with Crippen LogP contribution in [-0.2, 0) is 4.74 Å². The summed E-state index contributed by atoms with van der Waals surface area (Å²) in [5.41, 5.74) is 0. The van der Waals surface area contributed by atoms with Crippen LogP contribution in [0.3, 0.4) is 0 Å². The van der Waals surface area contributed by atoms with Crippen molar-refractivity contribution in [3.63, 3.8) is 0 Å². The molecule has 0 aromatic carbocycles. The summed E-state index contributed by atoms with van der Waals surface area (Å²) >= 11 is 0. The largest absolute Gasteiger partial charge is 0.374 e. The van der Waals surface area contributed by atoms with E-state index in [1.165, 1.54) is 19.3 Å². The Kier molecular flexibility index (Phi) is 6.22. The molecule has 0 saturated carbocycles. The van der Waals surface area contributed by atoms with Gasteiger partial charge in [0.25, 0.3) is 0 Å². The second kappa shape index (κ2) is 7.20. The van der Waals surface area contributed by atoms with Crippen molar-refractivity contribution in [3.8, 4) is 0 Å². The van der Waals surface area contributed by atoms with Crippen LogP contribution in [0.1, 0.15) is 40.0 Å². The normalized spacial score (nSPS) is 26.4. The van der Waals surface area contributed by atoms with Gasteiger partial charge in [0.2, 0.25) is 0 Å². The van der Waals surface area contributed by atoms with E-state index in [9.17, 15) is 0 Å². The zero-order chi connectivity index (χ0) is 11.1. The molecule has 1 saturated heterocycles. The van der Waals surface area contributed by atoms with Crippen LogP contribution in [0.4, 0.5) is 0 Å². The summed E-state index contributed by atoms with van der Waals surface area (Å²) in [5, 5.41) is 6.87. The van der Waals surface area contributed by atoms with Crippen LogP contribution in [0.25, 0.3) is 0 Å². The molecule has 0 aromatic rings. The third-order valence-electron chi connectivity index (χ3n) is 2.77. The molecular formula is C12H26N2O. The maximum atomic E-state index is 5.73. The van der Waals surface area contributed by atoms with E-state index >= 15 is 0 Å². The average Bonchev–Trinajstić information content (AvgIpc) is 2.57. The SMILES string of the molecule is CC(C)NCCCNCC1CCC(C)O1. The van der Waals surface area contributed by atoms with Gasteiger partial charge in [0, 0.05) is 12.6 Å². The van der Waals surface area contributed by atoms with Crippen LogP contribution >= 0.6 is 0 Å². The lowest BCUT2D eigenvalue weighted by Crippen LogP contribution is -2.30. The standard InChI is InChI=1S/C12H26N2O/c1-10(2)14-8-4-7-13-9-12-6-5-11(3)15-12/h10-14H,4-9H2,1-3H3. The molecular weight excluding hydrogens is 188 g/mol. The summed E-state index contributed by atoms with van der Waals surface area (Å²) in [6, 6.07) is 0.601. The first kappa shape index (κ1) is 12.9. The van der Waals surface area contributed by atoms with Crippen molar-refractivity contribution in [1.82, 2.24) is 10.6 Å². The summed E-state index contributed by atoms with van der Waals surface area (Å²) in [7, 11) is 0. The topological polar surface area (TPSA) is 33.3 Å². The van der Waals surface area contributed by atoms with Gasteiger partial charge < -0.3 is 15.4 Å². The zero-order valence-electron chi connectivity index (χ0n) is 10.4. The lowest BCUT2D eigenvalue weighted by molar-refractivity contribution is 0.0561. The second-order valence-corrected chi connectivity index (χ2v) is 4.81. The number of hydrogen-bond acceptors (Lipinski definition) is 3. The van der Waals surface area contributed by atoms with Crippen molar-refractivity contribution < 1.29 is 4.74 Å². The maximum absolute atomic E-state index is 5.73. The lowest BCUT2D eigenvalue weighted by atomic mass is 10.2. The molecule has 0 radical (unpaired) electrons. The average molecular weight is 214 g/mol. The Morgan fingerprint density at radius 2 is 2.07 bits per heavy atom. The van der Waals surface area contributed by atoms with Crippen molar-refractivity contribution in [2.75, 3.05) is 19.6 Å². The molecule has 3 nitrogen and oxygen atoms in total. The van der Waals surface area contributed by atoms with E-state index in [0.29, 0.717) is 18.2 Å². The maximum Gasteiger partial charge on any atom is 0.0704 e. The molecule has 1 fully saturated rings. The molecule has 90 valence electrons. The van der Waals surface area contributed by atoms with Crippen molar-refractivity contribution in [3.05, 3.63) is 0 Å². The number of ether oxygens (including phenoxy) is 1.